The fourth-order valence-electron chi connectivity index (χ4n) is 1.89. The summed E-state index contributed by atoms with van der Waals surface area (Å²) in [5.41, 5.74) is 5.83. The van der Waals surface area contributed by atoms with E-state index in [1.807, 2.05) is 29.1 Å². The highest BCUT2D eigenvalue weighted by Gasteiger charge is 2.13. The number of halogens is 1. The molecule has 112 valence electrons. The molecular formula is C15H18ClN3O2. The van der Waals surface area contributed by atoms with Gasteiger partial charge in [-0.2, -0.15) is 0 Å². The second-order valence-corrected chi connectivity index (χ2v) is 4.89. The van der Waals surface area contributed by atoms with Crippen molar-refractivity contribution < 1.29 is 9.53 Å². The van der Waals surface area contributed by atoms with Crippen LogP contribution in [-0.4, -0.2) is 30.2 Å². The minimum Gasteiger partial charge on any atom is -0.491 e. The van der Waals surface area contributed by atoms with Gasteiger partial charge in [0.25, 0.3) is 5.91 Å². The van der Waals surface area contributed by atoms with Gasteiger partial charge in [-0.15, -0.1) is 0 Å². The molecule has 0 fully saturated rings. The normalized spacial score (nSPS) is 10.4. The van der Waals surface area contributed by atoms with Gasteiger partial charge >= 0.3 is 0 Å². The quantitative estimate of drug-likeness (QED) is 0.821. The van der Waals surface area contributed by atoms with Gasteiger partial charge in [-0.05, 0) is 30.3 Å². The molecular weight excluding hydrogens is 290 g/mol. The maximum atomic E-state index is 12.2. The molecule has 1 aromatic heterocycles. The molecule has 3 N–H and O–H groups in total. The summed E-state index contributed by atoms with van der Waals surface area (Å²) in [5.74, 6) is 0.278. The number of hydrogen-bond acceptors (Lipinski definition) is 3. The Bertz CT molecular complexity index is 585. The first-order valence-corrected chi connectivity index (χ1v) is 7.10. The van der Waals surface area contributed by atoms with E-state index in [9.17, 15) is 4.79 Å². The van der Waals surface area contributed by atoms with Crippen LogP contribution < -0.4 is 15.8 Å². The molecule has 2 rings (SSSR count). The summed E-state index contributed by atoms with van der Waals surface area (Å²) < 4.78 is 7.46. The molecule has 0 saturated heterocycles. The van der Waals surface area contributed by atoms with Crippen molar-refractivity contribution in [3.63, 3.8) is 0 Å². The fraction of sp³-hybridized carbons (Fsp3) is 0.267. The fourth-order valence-corrected chi connectivity index (χ4v) is 2.06. The zero-order valence-corrected chi connectivity index (χ0v) is 12.3. The molecule has 0 bridgehead atoms. The molecule has 0 atom stereocenters. The van der Waals surface area contributed by atoms with Crippen LogP contribution in [0.1, 0.15) is 10.4 Å². The molecule has 6 heteroatoms. The van der Waals surface area contributed by atoms with E-state index in [0.717, 1.165) is 0 Å². The molecule has 1 aromatic carbocycles. The van der Waals surface area contributed by atoms with Crippen molar-refractivity contribution in [3.05, 3.63) is 53.3 Å². The monoisotopic (exact) mass is 307 g/mol. The van der Waals surface area contributed by atoms with E-state index < -0.39 is 0 Å². The van der Waals surface area contributed by atoms with E-state index in [1.54, 1.807) is 18.2 Å². The van der Waals surface area contributed by atoms with Gasteiger partial charge in [-0.1, -0.05) is 11.6 Å². The number of amides is 1. The van der Waals surface area contributed by atoms with Gasteiger partial charge in [0, 0.05) is 37.1 Å². The lowest BCUT2D eigenvalue weighted by Gasteiger charge is -2.12. The van der Waals surface area contributed by atoms with E-state index >= 15 is 0 Å². The Morgan fingerprint density at radius 3 is 2.81 bits per heavy atom. The largest absolute Gasteiger partial charge is 0.491 e. The molecule has 0 aliphatic rings. The lowest BCUT2D eigenvalue weighted by molar-refractivity contribution is 0.0948. The summed E-state index contributed by atoms with van der Waals surface area (Å²) in [4.78, 5) is 12.2. The number of aromatic nitrogens is 1. The van der Waals surface area contributed by atoms with Crippen molar-refractivity contribution in [2.75, 3.05) is 19.7 Å². The Morgan fingerprint density at radius 2 is 2.10 bits per heavy atom. The molecule has 0 saturated carbocycles. The number of nitrogens with zero attached hydrogens (tertiary/aromatic N) is 1. The maximum absolute atomic E-state index is 12.2. The van der Waals surface area contributed by atoms with Gasteiger partial charge in [-0.25, -0.2) is 0 Å². The first kappa shape index (κ1) is 15.4. The number of nitrogens with one attached hydrogen (secondary N) is 1. The number of benzene rings is 1. The first-order chi connectivity index (χ1) is 10.2. The molecule has 0 radical (unpaired) electrons. The van der Waals surface area contributed by atoms with Crippen LogP contribution in [0.3, 0.4) is 0 Å². The van der Waals surface area contributed by atoms with E-state index in [1.165, 1.54) is 0 Å². The molecule has 1 heterocycles. The van der Waals surface area contributed by atoms with Crippen molar-refractivity contribution in [2.24, 2.45) is 5.73 Å². The van der Waals surface area contributed by atoms with Gasteiger partial charge < -0.3 is 20.4 Å². The summed E-state index contributed by atoms with van der Waals surface area (Å²) in [6.07, 6.45) is 3.89. The zero-order valence-electron chi connectivity index (χ0n) is 11.6. The van der Waals surface area contributed by atoms with Gasteiger partial charge in [0.1, 0.15) is 12.4 Å². The zero-order chi connectivity index (χ0) is 15.1. The van der Waals surface area contributed by atoms with Crippen LogP contribution in [-0.2, 0) is 6.54 Å². The van der Waals surface area contributed by atoms with E-state index in [2.05, 4.69) is 5.32 Å². The SMILES string of the molecule is NCCOc1ccc(Cl)cc1C(=O)NCCn1cccc1. The standard InChI is InChI=1S/C15H18ClN3O2/c16-12-3-4-14(21-10-5-17)13(11-12)15(20)18-6-9-19-7-1-2-8-19/h1-4,7-8,11H,5-6,9-10,17H2,(H,18,20). The first-order valence-electron chi connectivity index (χ1n) is 6.72. The van der Waals surface area contributed by atoms with Crippen LogP contribution in [0.4, 0.5) is 0 Å². The number of nitrogens with two attached hydrogens (primary N) is 1. The molecule has 0 spiro atoms. The Labute approximate surface area is 128 Å². The van der Waals surface area contributed by atoms with Crippen LogP contribution in [0, 0.1) is 0 Å². The molecule has 2 aromatic rings. The van der Waals surface area contributed by atoms with Gasteiger partial charge in [0.15, 0.2) is 0 Å². The number of carbonyl (C=O) groups is 1. The van der Waals surface area contributed by atoms with Crippen LogP contribution in [0.25, 0.3) is 0 Å². The molecule has 0 unspecified atom stereocenters. The predicted molar refractivity (Wildman–Crippen MR) is 82.8 cm³/mol. The Hall–Kier alpha value is -1.98. The molecule has 1 amide bonds. The van der Waals surface area contributed by atoms with Crippen molar-refractivity contribution in [1.29, 1.82) is 0 Å². The van der Waals surface area contributed by atoms with Crippen LogP contribution in [0.15, 0.2) is 42.7 Å². The van der Waals surface area contributed by atoms with Crippen LogP contribution in [0.5, 0.6) is 5.75 Å². The maximum Gasteiger partial charge on any atom is 0.255 e. The lowest BCUT2D eigenvalue weighted by Crippen LogP contribution is -2.27. The van der Waals surface area contributed by atoms with Crippen molar-refractivity contribution in [1.82, 2.24) is 9.88 Å². The summed E-state index contributed by atoms with van der Waals surface area (Å²) in [6.45, 7) is 1.97. The highest BCUT2D eigenvalue weighted by atomic mass is 35.5. The van der Waals surface area contributed by atoms with Crippen molar-refractivity contribution in [3.8, 4) is 5.75 Å². The average Bonchev–Trinajstić information content (AvgIpc) is 2.99. The smallest absolute Gasteiger partial charge is 0.255 e. The van der Waals surface area contributed by atoms with E-state index in [0.29, 0.717) is 42.6 Å². The van der Waals surface area contributed by atoms with Gasteiger partial charge in [0.2, 0.25) is 0 Å². The van der Waals surface area contributed by atoms with E-state index in [-0.39, 0.29) is 5.91 Å². The summed E-state index contributed by atoms with van der Waals surface area (Å²) in [7, 11) is 0. The highest BCUT2D eigenvalue weighted by molar-refractivity contribution is 6.31. The van der Waals surface area contributed by atoms with Crippen molar-refractivity contribution in [2.45, 2.75) is 6.54 Å². The Kier molecular flexibility index (Phi) is 5.66. The number of carbonyl (C=O) groups excluding carboxylic acids is 1. The lowest BCUT2D eigenvalue weighted by atomic mass is 10.2. The van der Waals surface area contributed by atoms with Gasteiger partial charge in [0.05, 0.1) is 5.56 Å². The minimum atomic E-state index is -0.211. The molecule has 0 aliphatic carbocycles. The topological polar surface area (TPSA) is 69.3 Å². The number of ether oxygens (including phenoxy) is 1. The Balaban J connectivity index is 1.98. The summed E-state index contributed by atoms with van der Waals surface area (Å²) >= 11 is 5.95. The van der Waals surface area contributed by atoms with Crippen LogP contribution in [0.2, 0.25) is 5.02 Å². The third-order valence-corrected chi connectivity index (χ3v) is 3.12. The van der Waals surface area contributed by atoms with Gasteiger partial charge in [-0.3, -0.25) is 4.79 Å². The van der Waals surface area contributed by atoms with Crippen molar-refractivity contribution >= 4 is 17.5 Å². The van der Waals surface area contributed by atoms with Crippen LogP contribution >= 0.6 is 11.6 Å². The minimum absolute atomic E-state index is 0.211. The second kappa shape index (κ2) is 7.71. The average molecular weight is 308 g/mol. The van der Waals surface area contributed by atoms with E-state index in [4.69, 9.17) is 22.1 Å². The summed E-state index contributed by atoms with van der Waals surface area (Å²) in [6, 6.07) is 8.84. The summed E-state index contributed by atoms with van der Waals surface area (Å²) in [5, 5.41) is 3.34. The number of hydrogen-bond donors (Lipinski definition) is 2. The molecule has 0 aliphatic heterocycles. The third kappa shape index (κ3) is 4.51. The predicted octanol–water partition coefficient (Wildman–Crippen LogP) is 1.91. The molecule has 5 nitrogen and oxygen atoms in total. The Morgan fingerprint density at radius 1 is 1.33 bits per heavy atom. The second-order valence-electron chi connectivity index (χ2n) is 4.45. The number of rotatable bonds is 7. The third-order valence-electron chi connectivity index (χ3n) is 2.88. The highest BCUT2D eigenvalue weighted by Crippen LogP contribution is 2.22. The molecule has 21 heavy (non-hydrogen) atoms.